The van der Waals surface area contributed by atoms with Crippen molar-refractivity contribution in [1.29, 1.82) is 0 Å². The first kappa shape index (κ1) is 13.8. The SMILES string of the molecule is O=C(O)CC1(Cc2nc3ccc(Cl)cc3s2)CCCC1. The molecule has 5 heteroatoms. The van der Waals surface area contributed by atoms with Crippen molar-refractivity contribution in [3.05, 3.63) is 28.2 Å². The Morgan fingerprint density at radius 1 is 1.40 bits per heavy atom. The van der Waals surface area contributed by atoms with Crippen molar-refractivity contribution in [1.82, 2.24) is 4.98 Å². The van der Waals surface area contributed by atoms with Gasteiger partial charge in [-0.15, -0.1) is 11.3 Å². The first-order valence-electron chi connectivity index (χ1n) is 6.83. The highest BCUT2D eigenvalue weighted by atomic mass is 35.5. The van der Waals surface area contributed by atoms with Gasteiger partial charge < -0.3 is 5.11 Å². The van der Waals surface area contributed by atoms with Gasteiger partial charge in [0.2, 0.25) is 0 Å². The molecule has 3 nitrogen and oxygen atoms in total. The molecule has 0 amide bonds. The number of carbonyl (C=O) groups is 1. The number of aliphatic carboxylic acids is 1. The molecule has 106 valence electrons. The molecule has 0 saturated heterocycles. The summed E-state index contributed by atoms with van der Waals surface area (Å²) in [5, 5.41) is 10.9. The highest BCUT2D eigenvalue weighted by Crippen LogP contribution is 2.44. The van der Waals surface area contributed by atoms with Crippen LogP contribution in [0.5, 0.6) is 0 Å². The lowest BCUT2D eigenvalue weighted by Crippen LogP contribution is -2.23. The van der Waals surface area contributed by atoms with E-state index in [0.29, 0.717) is 5.02 Å². The molecule has 1 fully saturated rings. The van der Waals surface area contributed by atoms with Crippen molar-refractivity contribution in [2.75, 3.05) is 0 Å². The second kappa shape index (κ2) is 5.34. The number of hydrogen-bond donors (Lipinski definition) is 1. The lowest BCUT2D eigenvalue weighted by atomic mass is 9.80. The summed E-state index contributed by atoms with van der Waals surface area (Å²) in [6.07, 6.45) is 5.28. The van der Waals surface area contributed by atoms with Gasteiger partial charge in [0.1, 0.15) is 0 Å². The third-order valence-electron chi connectivity index (χ3n) is 4.11. The van der Waals surface area contributed by atoms with E-state index in [0.717, 1.165) is 47.3 Å². The third kappa shape index (κ3) is 2.81. The molecule has 1 aliphatic carbocycles. The number of benzene rings is 1. The molecular weight excluding hydrogens is 294 g/mol. The minimum Gasteiger partial charge on any atom is -0.481 e. The Bertz CT molecular complexity index is 646. The molecule has 20 heavy (non-hydrogen) atoms. The minimum atomic E-state index is -0.698. The van der Waals surface area contributed by atoms with E-state index in [1.807, 2.05) is 18.2 Å². The van der Waals surface area contributed by atoms with Crippen LogP contribution in [0, 0.1) is 5.41 Å². The molecule has 1 aliphatic rings. The van der Waals surface area contributed by atoms with Crippen LogP contribution in [0.4, 0.5) is 0 Å². The van der Waals surface area contributed by atoms with E-state index in [4.69, 9.17) is 16.7 Å². The molecule has 2 aromatic rings. The normalized spacial score (nSPS) is 17.6. The molecule has 1 saturated carbocycles. The molecule has 1 aromatic carbocycles. The van der Waals surface area contributed by atoms with Crippen LogP contribution in [-0.4, -0.2) is 16.1 Å². The Hall–Kier alpha value is -1.13. The molecule has 1 N–H and O–H groups in total. The van der Waals surface area contributed by atoms with Gasteiger partial charge in [-0.25, -0.2) is 4.98 Å². The lowest BCUT2D eigenvalue weighted by Gasteiger charge is -2.25. The lowest BCUT2D eigenvalue weighted by molar-refractivity contribution is -0.139. The highest BCUT2D eigenvalue weighted by molar-refractivity contribution is 7.18. The zero-order valence-electron chi connectivity index (χ0n) is 11.1. The average molecular weight is 310 g/mol. The zero-order valence-corrected chi connectivity index (χ0v) is 12.6. The van der Waals surface area contributed by atoms with Crippen molar-refractivity contribution in [2.45, 2.75) is 38.5 Å². The van der Waals surface area contributed by atoms with E-state index in [1.54, 1.807) is 11.3 Å². The van der Waals surface area contributed by atoms with Crippen molar-refractivity contribution in [3.8, 4) is 0 Å². The van der Waals surface area contributed by atoms with Crippen LogP contribution in [0.1, 0.15) is 37.1 Å². The number of hydrogen-bond acceptors (Lipinski definition) is 3. The zero-order chi connectivity index (χ0) is 14.2. The van der Waals surface area contributed by atoms with E-state index in [2.05, 4.69) is 4.98 Å². The van der Waals surface area contributed by atoms with Gasteiger partial charge in [-0.2, -0.15) is 0 Å². The predicted octanol–water partition coefficient (Wildman–Crippen LogP) is 4.53. The van der Waals surface area contributed by atoms with Gasteiger partial charge in [0.25, 0.3) is 0 Å². The first-order valence-corrected chi connectivity index (χ1v) is 8.03. The molecule has 1 aromatic heterocycles. The van der Waals surface area contributed by atoms with E-state index >= 15 is 0 Å². The van der Waals surface area contributed by atoms with E-state index in [1.165, 1.54) is 0 Å². The van der Waals surface area contributed by atoms with Crippen LogP contribution in [0.3, 0.4) is 0 Å². The predicted molar refractivity (Wildman–Crippen MR) is 81.5 cm³/mol. The topological polar surface area (TPSA) is 50.2 Å². The quantitative estimate of drug-likeness (QED) is 0.903. The fraction of sp³-hybridized carbons (Fsp3) is 0.467. The second-order valence-corrected chi connectivity index (χ2v) is 7.23. The van der Waals surface area contributed by atoms with Gasteiger partial charge in [-0.1, -0.05) is 24.4 Å². The Morgan fingerprint density at radius 2 is 2.15 bits per heavy atom. The molecule has 0 radical (unpaired) electrons. The first-order chi connectivity index (χ1) is 9.56. The van der Waals surface area contributed by atoms with Crippen LogP contribution in [0.2, 0.25) is 5.02 Å². The van der Waals surface area contributed by atoms with E-state index in [9.17, 15) is 4.79 Å². The summed E-state index contributed by atoms with van der Waals surface area (Å²) in [5.41, 5.74) is 0.863. The Labute approximate surface area is 126 Å². The molecule has 0 bridgehead atoms. The van der Waals surface area contributed by atoms with Crippen LogP contribution in [0.15, 0.2) is 18.2 Å². The third-order valence-corrected chi connectivity index (χ3v) is 5.36. The van der Waals surface area contributed by atoms with Crippen LogP contribution in [0.25, 0.3) is 10.2 Å². The summed E-state index contributed by atoms with van der Waals surface area (Å²) in [6.45, 7) is 0. The molecule has 0 unspecified atom stereocenters. The minimum absolute atomic E-state index is 0.0937. The maximum Gasteiger partial charge on any atom is 0.303 e. The number of nitrogens with zero attached hydrogens (tertiary/aromatic N) is 1. The highest BCUT2D eigenvalue weighted by Gasteiger charge is 2.37. The summed E-state index contributed by atoms with van der Waals surface area (Å²) in [5.74, 6) is -0.698. The number of carboxylic acid groups (broad SMARTS) is 1. The molecule has 3 rings (SSSR count). The van der Waals surface area contributed by atoms with E-state index < -0.39 is 5.97 Å². The smallest absolute Gasteiger partial charge is 0.303 e. The van der Waals surface area contributed by atoms with Gasteiger partial charge in [0.15, 0.2) is 0 Å². The maximum atomic E-state index is 11.1. The van der Waals surface area contributed by atoms with Crippen molar-refractivity contribution < 1.29 is 9.90 Å². The molecule has 1 heterocycles. The molecule has 0 spiro atoms. The van der Waals surface area contributed by atoms with Crippen LogP contribution < -0.4 is 0 Å². The van der Waals surface area contributed by atoms with Gasteiger partial charge in [0, 0.05) is 11.4 Å². The summed E-state index contributed by atoms with van der Waals surface area (Å²) < 4.78 is 1.08. The number of halogens is 1. The van der Waals surface area contributed by atoms with Gasteiger partial charge >= 0.3 is 5.97 Å². The summed E-state index contributed by atoms with van der Waals surface area (Å²) in [4.78, 5) is 15.8. The van der Waals surface area contributed by atoms with Crippen molar-refractivity contribution >= 4 is 39.1 Å². The second-order valence-electron chi connectivity index (χ2n) is 5.67. The number of carboxylic acids is 1. The summed E-state index contributed by atoms with van der Waals surface area (Å²) in [7, 11) is 0. The molecule has 0 atom stereocenters. The number of aromatic nitrogens is 1. The largest absolute Gasteiger partial charge is 0.481 e. The number of fused-ring (bicyclic) bond motifs is 1. The van der Waals surface area contributed by atoms with Gasteiger partial charge in [-0.3, -0.25) is 4.79 Å². The van der Waals surface area contributed by atoms with Gasteiger partial charge in [-0.05, 0) is 36.5 Å². The van der Waals surface area contributed by atoms with Crippen molar-refractivity contribution in [2.24, 2.45) is 5.41 Å². The van der Waals surface area contributed by atoms with Gasteiger partial charge in [0.05, 0.1) is 21.6 Å². The van der Waals surface area contributed by atoms with E-state index in [-0.39, 0.29) is 11.8 Å². The maximum absolute atomic E-state index is 11.1. The Kier molecular flexibility index (Phi) is 3.69. The van der Waals surface area contributed by atoms with Crippen molar-refractivity contribution in [3.63, 3.8) is 0 Å². The number of rotatable bonds is 4. The number of thiazole rings is 1. The molecule has 0 aliphatic heterocycles. The fourth-order valence-electron chi connectivity index (χ4n) is 3.20. The van der Waals surface area contributed by atoms with Crippen LogP contribution >= 0.6 is 22.9 Å². The summed E-state index contributed by atoms with van der Waals surface area (Å²) in [6, 6.07) is 5.70. The standard InChI is InChI=1S/C15H16ClNO2S/c16-10-3-4-11-12(7-10)20-13(17-11)8-15(9-14(18)19)5-1-2-6-15/h3-4,7H,1-2,5-6,8-9H2,(H,18,19). The fourth-order valence-corrected chi connectivity index (χ4v) is 4.62. The Balaban J connectivity index is 1.88. The van der Waals surface area contributed by atoms with Crippen LogP contribution in [-0.2, 0) is 11.2 Å². The average Bonchev–Trinajstić information content (AvgIpc) is 2.94. The Morgan fingerprint density at radius 3 is 2.85 bits per heavy atom. The molecular formula is C15H16ClNO2S. The monoisotopic (exact) mass is 309 g/mol. The summed E-state index contributed by atoms with van der Waals surface area (Å²) >= 11 is 7.63.